The monoisotopic (exact) mass is 332 g/mol. The number of carbonyl (C=O) groups excluding carboxylic acids is 1. The topological polar surface area (TPSA) is 120 Å². The molecule has 0 spiro atoms. The van der Waals surface area contributed by atoms with Crippen LogP contribution in [0.5, 0.6) is 0 Å². The SMILES string of the molecule is N=C(N)c1ccc(N2CC(CN3CCCC3C(=O)O)OC2=O)cc1. The molecule has 8 nitrogen and oxygen atoms in total. The molecule has 2 unspecified atom stereocenters. The number of rotatable bonds is 5. The summed E-state index contributed by atoms with van der Waals surface area (Å²) in [6.45, 7) is 1.50. The zero-order chi connectivity index (χ0) is 17.3. The minimum absolute atomic E-state index is 0.0304. The minimum Gasteiger partial charge on any atom is -0.480 e. The van der Waals surface area contributed by atoms with E-state index < -0.39 is 18.1 Å². The van der Waals surface area contributed by atoms with E-state index in [-0.39, 0.29) is 11.9 Å². The van der Waals surface area contributed by atoms with Gasteiger partial charge in [0.05, 0.1) is 6.54 Å². The van der Waals surface area contributed by atoms with Gasteiger partial charge in [-0.1, -0.05) is 0 Å². The summed E-state index contributed by atoms with van der Waals surface area (Å²) in [6, 6.07) is 6.30. The van der Waals surface area contributed by atoms with E-state index in [4.69, 9.17) is 15.9 Å². The van der Waals surface area contributed by atoms with Crippen molar-refractivity contribution in [2.24, 2.45) is 5.73 Å². The number of hydrogen-bond acceptors (Lipinski definition) is 5. The van der Waals surface area contributed by atoms with Gasteiger partial charge in [-0.2, -0.15) is 0 Å². The average molecular weight is 332 g/mol. The Bertz CT molecular complexity index is 661. The van der Waals surface area contributed by atoms with Crippen molar-refractivity contribution in [2.75, 3.05) is 24.5 Å². The van der Waals surface area contributed by atoms with Crippen molar-refractivity contribution in [3.05, 3.63) is 29.8 Å². The smallest absolute Gasteiger partial charge is 0.414 e. The molecule has 2 saturated heterocycles. The molecule has 128 valence electrons. The number of nitrogens with zero attached hydrogens (tertiary/aromatic N) is 2. The second kappa shape index (κ2) is 6.48. The number of nitrogens with two attached hydrogens (primary N) is 1. The van der Waals surface area contributed by atoms with Gasteiger partial charge in [0.15, 0.2) is 0 Å². The Balaban J connectivity index is 1.65. The third kappa shape index (κ3) is 3.18. The lowest BCUT2D eigenvalue weighted by Gasteiger charge is -2.23. The summed E-state index contributed by atoms with van der Waals surface area (Å²) in [6.07, 6.45) is 0.673. The first-order valence-corrected chi connectivity index (χ1v) is 7.85. The lowest BCUT2D eigenvalue weighted by atomic mass is 10.2. The second-order valence-corrected chi connectivity index (χ2v) is 6.07. The van der Waals surface area contributed by atoms with Crippen LogP contribution in [0.3, 0.4) is 0 Å². The number of benzene rings is 1. The Labute approximate surface area is 139 Å². The molecule has 3 rings (SSSR count). The van der Waals surface area contributed by atoms with Crippen LogP contribution in [0.2, 0.25) is 0 Å². The van der Waals surface area contributed by atoms with E-state index in [9.17, 15) is 14.7 Å². The summed E-state index contributed by atoms with van der Waals surface area (Å²) in [5, 5.41) is 16.6. The average Bonchev–Trinajstić information content (AvgIpc) is 3.14. The minimum atomic E-state index is -0.825. The standard InChI is InChI=1S/C16H20N4O4/c17-14(18)10-3-5-11(6-4-10)20-9-12(24-16(20)23)8-19-7-1-2-13(19)15(21)22/h3-6,12-13H,1-2,7-9H2,(H3,17,18)(H,21,22). The van der Waals surface area contributed by atoms with Crippen LogP contribution in [-0.4, -0.2) is 59.7 Å². The molecule has 0 aromatic heterocycles. The van der Waals surface area contributed by atoms with Gasteiger partial charge in [0.1, 0.15) is 18.0 Å². The second-order valence-electron chi connectivity index (χ2n) is 6.07. The maximum absolute atomic E-state index is 12.1. The zero-order valence-corrected chi connectivity index (χ0v) is 13.1. The molecule has 2 heterocycles. The predicted molar refractivity (Wildman–Crippen MR) is 87.3 cm³/mol. The number of hydrogen-bond donors (Lipinski definition) is 3. The van der Waals surface area contributed by atoms with Gasteiger partial charge in [0.25, 0.3) is 0 Å². The van der Waals surface area contributed by atoms with Gasteiger partial charge < -0.3 is 15.6 Å². The fourth-order valence-corrected chi connectivity index (χ4v) is 3.23. The predicted octanol–water partition coefficient (Wildman–Crippen LogP) is 0.845. The zero-order valence-electron chi connectivity index (χ0n) is 13.1. The number of carboxylic acids is 1. The number of amides is 1. The molecule has 2 fully saturated rings. The fraction of sp³-hybridized carbons (Fsp3) is 0.438. The summed E-state index contributed by atoms with van der Waals surface area (Å²) in [5.74, 6) is -0.856. The van der Waals surface area contributed by atoms with Gasteiger partial charge in [0.2, 0.25) is 0 Å². The normalized spacial score (nSPS) is 24.2. The Morgan fingerprint density at radius 3 is 2.71 bits per heavy atom. The quantitative estimate of drug-likeness (QED) is 0.543. The number of amidine groups is 1. The molecule has 1 aromatic rings. The number of carbonyl (C=O) groups is 2. The van der Waals surface area contributed by atoms with Crippen molar-refractivity contribution in [3.63, 3.8) is 0 Å². The summed E-state index contributed by atoms with van der Waals surface area (Å²) in [4.78, 5) is 26.7. The molecular weight excluding hydrogens is 312 g/mol. The number of likely N-dealkylation sites (tertiary alicyclic amines) is 1. The summed E-state index contributed by atoms with van der Waals surface area (Å²) in [7, 11) is 0. The van der Waals surface area contributed by atoms with E-state index in [1.165, 1.54) is 4.90 Å². The molecule has 0 saturated carbocycles. The van der Waals surface area contributed by atoms with E-state index in [0.717, 1.165) is 6.42 Å². The number of nitrogens with one attached hydrogen (secondary N) is 1. The van der Waals surface area contributed by atoms with E-state index in [2.05, 4.69) is 0 Å². The van der Waals surface area contributed by atoms with E-state index in [1.54, 1.807) is 24.3 Å². The van der Waals surface area contributed by atoms with Crippen molar-refractivity contribution in [1.29, 1.82) is 5.41 Å². The van der Waals surface area contributed by atoms with Crippen molar-refractivity contribution < 1.29 is 19.4 Å². The number of ether oxygens (including phenoxy) is 1. The summed E-state index contributed by atoms with van der Waals surface area (Å²) >= 11 is 0. The highest BCUT2D eigenvalue weighted by molar-refractivity contribution is 5.96. The molecule has 0 radical (unpaired) electrons. The van der Waals surface area contributed by atoms with Crippen LogP contribution < -0.4 is 10.6 Å². The lowest BCUT2D eigenvalue weighted by Crippen LogP contribution is -2.41. The van der Waals surface area contributed by atoms with Crippen LogP contribution in [0.25, 0.3) is 0 Å². The van der Waals surface area contributed by atoms with Crippen LogP contribution in [0, 0.1) is 5.41 Å². The fourth-order valence-electron chi connectivity index (χ4n) is 3.23. The first kappa shape index (κ1) is 16.3. The molecule has 0 bridgehead atoms. The summed E-state index contributed by atoms with van der Waals surface area (Å²) in [5.41, 5.74) is 6.68. The van der Waals surface area contributed by atoms with Crippen LogP contribution in [0.4, 0.5) is 10.5 Å². The van der Waals surface area contributed by atoms with Crippen LogP contribution in [0.1, 0.15) is 18.4 Å². The Morgan fingerprint density at radius 1 is 1.38 bits per heavy atom. The summed E-state index contributed by atoms with van der Waals surface area (Å²) < 4.78 is 5.38. The van der Waals surface area contributed by atoms with Gasteiger partial charge in [-0.3, -0.25) is 20.0 Å². The first-order valence-electron chi connectivity index (χ1n) is 7.85. The molecule has 1 aromatic carbocycles. The highest BCUT2D eigenvalue weighted by atomic mass is 16.6. The molecule has 0 aliphatic carbocycles. The van der Waals surface area contributed by atoms with Crippen LogP contribution in [-0.2, 0) is 9.53 Å². The third-order valence-electron chi connectivity index (χ3n) is 4.45. The number of carboxylic acid groups (broad SMARTS) is 1. The van der Waals surface area contributed by atoms with E-state index in [0.29, 0.717) is 37.3 Å². The molecular formula is C16H20N4O4. The number of cyclic esters (lactones) is 1. The maximum Gasteiger partial charge on any atom is 0.414 e. The molecule has 8 heteroatoms. The molecule has 24 heavy (non-hydrogen) atoms. The Morgan fingerprint density at radius 2 is 2.08 bits per heavy atom. The van der Waals surface area contributed by atoms with Crippen LogP contribution in [0.15, 0.2) is 24.3 Å². The van der Waals surface area contributed by atoms with Gasteiger partial charge >= 0.3 is 12.1 Å². The van der Waals surface area contributed by atoms with Gasteiger partial charge in [-0.15, -0.1) is 0 Å². The van der Waals surface area contributed by atoms with Gasteiger partial charge in [-0.05, 0) is 43.7 Å². The molecule has 4 N–H and O–H groups in total. The molecule has 1 amide bonds. The third-order valence-corrected chi connectivity index (χ3v) is 4.45. The number of anilines is 1. The van der Waals surface area contributed by atoms with E-state index >= 15 is 0 Å². The lowest BCUT2D eigenvalue weighted by molar-refractivity contribution is -0.142. The van der Waals surface area contributed by atoms with Crippen molar-refractivity contribution in [3.8, 4) is 0 Å². The van der Waals surface area contributed by atoms with Crippen molar-refractivity contribution >= 4 is 23.6 Å². The van der Waals surface area contributed by atoms with Crippen molar-refractivity contribution in [1.82, 2.24) is 4.90 Å². The molecule has 2 aliphatic rings. The first-order chi connectivity index (χ1) is 11.5. The van der Waals surface area contributed by atoms with Gasteiger partial charge in [-0.25, -0.2) is 4.79 Å². The Hall–Kier alpha value is -2.61. The maximum atomic E-state index is 12.1. The largest absolute Gasteiger partial charge is 0.480 e. The Kier molecular flexibility index (Phi) is 4.39. The van der Waals surface area contributed by atoms with E-state index in [1.807, 2.05) is 4.90 Å². The highest BCUT2D eigenvalue weighted by Gasteiger charge is 2.37. The van der Waals surface area contributed by atoms with Crippen molar-refractivity contribution in [2.45, 2.75) is 25.0 Å². The van der Waals surface area contributed by atoms with Crippen LogP contribution >= 0.6 is 0 Å². The molecule has 2 atom stereocenters. The molecule has 2 aliphatic heterocycles. The number of nitrogen functional groups attached to an aromatic ring is 1. The highest BCUT2D eigenvalue weighted by Crippen LogP contribution is 2.25. The number of aliphatic carboxylic acids is 1. The van der Waals surface area contributed by atoms with Gasteiger partial charge in [0, 0.05) is 17.8 Å².